The quantitative estimate of drug-likeness (QED) is 0.772. The van der Waals surface area contributed by atoms with Crippen molar-refractivity contribution in [2.75, 3.05) is 5.32 Å². The monoisotopic (exact) mass is 305 g/mol. The third-order valence-electron chi connectivity index (χ3n) is 3.23. The van der Waals surface area contributed by atoms with E-state index >= 15 is 0 Å². The zero-order valence-electron chi connectivity index (χ0n) is 10.9. The zero-order chi connectivity index (χ0) is 14.1. The second kappa shape index (κ2) is 5.35. The van der Waals surface area contributed by atoms with Gasteiger partial charge in [0, 0.05) is 12.4 Å². The molecule has 0 amide bonds. The molecule has 1 N–H and O–H groups in total. The summed E-state index contributed by atoms with van der Waals surface area (Å²) in [5.41, 5.74) is 2.82. The molecule has 0 atom stereocenters. The summed E-state index contributed by atoms with van der Waals surface area (Å²) in [7, 11) is 1.94. The number of fused-ring (bicyclic) bond motifs is 1. The van der Waals surface area contributed by atoms with E-state index in [4.69, 9.17) is 23.2 Å². The van der Waals surface area contributed by atoms with Crippen molar-refractivity contribution in [1.82, 2.24) is 9.78 Å². The zero-order valence-corrected chi connectivity index (χ0v) is 12.4. The minimum absolute atomic E-state index is 0.574. The van der Waals surface area contributed by atoms with Gasteiger partial charge in [-0.25, -0.2) is 0 Å². The minimum atomic E-state index is 0.574. The molecule has 0 saturated heterocycles. The maximum absolute atomic E-state index is 6.15. The van der Waals surface area contributed by atoms with E-state index in [1.54, 1.807) is 0 Å². The molecule has 0 aliphatic rings. The van der Waals surface area contributed by atoms with Gasteiger partial charge >= 0.3 is 0 Å². The lowest BCUT2D eigenvalue weighted by Gasteiger charge is -2.09. The Morgan fingerprint density at radius 3 is 2.50 bits per heavy atom. The second-order valence-corrected chi connectivity index (χ2v) is 5.35. The fraction of sp³-hybridized carbons (Fsp3) is 0.133. The molecule has 20 heavy (non-hydrogen) atoms. The Hall–Kier alpha value is -1.71. The summed E-state index contributed by atoms with van der Waals surface area (Å²) in [6.07, 6.45) is 0. The summed E-state index contributed by atoms with van der Waals surface area (Å²) in [6, 6.07) is 13.6. The number of aryl methyl sites for hydroxylation is 1. The number of nitrogens with one attached hydrogen (secondary N) is 1. The first kappa shape index (κ1) is 13.3. The lowest BCUT2D eigenvalue weighted by molar-refractivity contribution is 0.771. The van der Waals surface area contributed by atoms with Crippen molar-refractivity contribution < 1.29 is 0 Å². The SMILES string of the molecule is Cn1nc(CNc2c(Cl)cccc2Cl)c2ccccc21. The van der Waals surface area contributed by atoms with Gasteiger partial charge in [-0.2, -0.15) is 5.10 Å². The number of nitrogens with zero attached hydrogens (tertiary/aromatic N) is 2. The van der Waals surface area contributed by atoms with Crippen LogP contribution in [0.4, 0.5) is 5.69 Å². The molecule has 0 fully saturated rings. The second-order valence-electron chi connectivity index (χ2n) is 4.54. The van der Waals surface area contributed by atoms with Crippen LogP contribution in [0.25, 0.3) is 10.9 Å². The summed E-state index contributed by atoms with van der Waals surface area (Å²) >= 11 is 12.3. The highest BCUT2D eigenvalue weighted by Gasteiger charge is 2.09. The molecule has 0 spiro atoms. The summed E-state index contributed by atoms with van der Waals surface area (Å²) in [6.45, 7) is 0.574. The third kappa shape index (κ3) is 2.35. The molecule has 0 unspecified atom stereocenters. The lowest BCUT2D eigenvalue weighted by atomic mass is 10.2. The molecular weight excluding hydrogens is 293 g/mol. The average Bonchev–Trinajstić information content (AvgIpc) is 2.76. The fourth-order valence-corrected chi connectivity index (χ4v) is 2.79. The van der Waals surface area contributed by atoms with Crippen molar-refractivity contribution in [2.45, 2.75) is 6.54 Å². The normalized spacial score (nSPS) is 10.9. The van der Waals surface area contributed by atoms with Crippen molar-refractivity contribution in [3.63, 3.8) is 0 Å². The number of anilines is 1. The molecule has 0 aliphatic carbocycles. The highest BCUT2D eigenvalue weighted by molar-refractivity contribution is 6.39. The number of benzene rings is 2. The molecule has 3 nitrogen and oxygen atoms in total. The molecular formula is C15H13Cl2N3. The highest BCUT2D eigenvalue weighted by Crippen LogP contribution is 2.30. The van der Waals surface area contributed by atoms with Crippen LogP contribution < -0.4 is 5.32 Å². The van der Waals surface area contributed by atoms with Gasteiger partial charge in [0.25, 0.3) is 0 Å². The first-order valence-electron chi connectivity index (χ1n) is 6.25. The largest absolute Gasteiger partial charge is 0.377 e. The Labute approximate surface area is 127 Å². The number of para-hydroxylation sites is 2. The van der Waals surface area contributed by atoms with Gasteiger partial charge in [0.2, 0.25) is 0 Å². The molecule has 0 saturated carbocycles. The van der Waals surface area contributed by atoms with Gasteiger partial charge in [-0.3, -0.25) is 4.68 Å². The van der Waals surface area contributed by atoms with Crippen LogP contribution in [0.1, 0.15) is 5.69 Å². The molecule has 102 valence electrons. The van der Waals surface area contributed by atoms with Gasteiger partial charge < -0.3 is 5.32 Å². The number of halogens is 2. The summed E-state index contributed by atoms with van der Waals surface area (Å²) in [5, 5.41) is 10.1. The molecule has 3 aromatic rings. The predicted molar refractivity (Wildman–Crippen MR) is 84.5 cm³/mol. The van der Waals surface area contributed by atoms with Crippen molar-refractivity contribution in [2.24, 2.45) is 7.05 Å². The molecule has 0 aliphatic heterocycles. The van der Waals surface area contributed by atoms with Crippen LogP contribution in [0.5, 0.6) is 0 Å². The molecule has 1 aromatic heterocycles. The van der Waals surface area contributed by atoms with E-state index in [2.05, 4.69) is 16.5 Å². The van der Waals surface area contributed by atoms with E-state index in [0.717, 1.165) is 22.3 Å². The van der Waals surface area contributed by atoms with Gasteiger partial charge in [-0.05, 0) is 18.2 Å². The number of aromatic nitrogens is 2. The highest BCUT2D eigenvalue weighted by atomic mass is 35.5. The summed E-state index contributed by atoms with van der Waals surface area (Å²) in [5.74, 6) is 0. The average molecular weight is 306 g/mol. The van der Waals surface area contributed by atoms with Crippen LogP contribution in [0.3, 0.4) is 0 Å². The first-order chi connectivity index (χ1) is 9.66. The Morgan fingerprint density at radius 1 is 1.05 bits per heavy atom. The third-order valence-corrected chi connectivity index (χ3v) is 3.86. The number of hydrogen-bond donors (Lipinski definition) is 1. The number of rotatable bonds is 3. The maximum atomic E-state index is 6.15. The molecule has 0 bridgehead atoms. The molecule has 1 heterocycles. The Kier molecular flexibility index (Phi) is 3.55. The van der Waals surface area contributed by atoms with Crippen LogP contribution in [0, 0.1) is 0 Å². The van der Waals surface area contributed by atoms with E-state index in [1.807, 2.05) is 48.1 Å². The standard InChI is InChI=1S/C15H13Cl2N3/c1-20-14-8-3-2-5-10(14)13(19-20)9-18-15-11(16)6-4-7-12(15)17/h2-8,18H,9H2,1H3. The van der Waals surface area contributed by atoms with E-state index in [0.29, 0.717) is 16.6 Å². The van der Waals surface area contributed by atoms with Gasteiger partial charge in [-0.1, -0.05) is 47.5 Å². The predicted octanol–water partition coefficient (Wildman–Crippen LogP) is 4.49. The maximum Gasteiger partial charge on any atom is 0.0894 e. The summed E-state index contributed by atoms with van der Waals surface area (Å²) in [4.78, 5) is 0. The molecule has 2 aromatic carbocycles. The van der Waals surface area contributed by atoms with Crippen molar-refractivity contribution in [1.29, 1.82) is 0 Å². The van der Waals surface area contributed by atoms with E-state index in [9.17, 15) is 0 Å². The Balaban J connectivity index is 1.91. The van der Waals surface area contributed by atoms with E-state index in [-0.39, 0.29) is 0 Å². The molecule has 5 heteroatoms. The van der Waals surface area contributed by atoms with Gasteiger partial charge in [0.15, 0.2) is 0 Å². The van der Waals surface area contributed by atoms with Crippen LogP contribution in [0.15, 0.2) is 42.5 Å². The van der Waals surface area contributed by atoms with Gasteiger partial charge in [-0.15, -0.1) is 0 Å². The minimum Gasteiger partial charge on any atom is -0.377 e. The molecule has 3 rings (SSSR count). The first-order valence-corrected chi connectivity index (χ1v) is 7.01. The van der Waals surface area contributed by atoms with Gasteiger partial charge in [0.1, 0.15) is 0 Å². The van der Waals surface area contributed by atoms with Crippen molar-refractivity contribution >= 4 is 39.8 Å². The summed E-state index contributed by atoms with van der Waals surface area (Å²) < 4.78 is 1.88. The fourth-order valence-electron chi connectivity index (χ4n) is 2.26. The van der Waals surface area contributed by atoms with E-state index < -0.39 is 0 Å². The Morgan fingerprint density at radius 2 is 1.75 bits per heavy atom. The van der Waals surface area contributed by atoms with Crippen LogP contribution in [-0.4, -0.2) is 9.78 Å². The van der Waals surface area contributed by atoms with Crippen LogP contribution in [-0.2, 0) is 13.6 Å². The van der Waals surface area contributed by atoms with Crippen LogP contribution in [0.2, 0.25) is 10.0 Å². The smallest absolute Gasteiger partial charge is 0.0894 e. The van der Waals surface area contributed by atoms with Crippen molar-refractivity contribution in [3.8, 4) is 0 Å². The molecule has 0 radical (unpaired) electrons. The van der Waals surface area contributed by atoms with E-state index in [1.165, 1.54) is 0 Å². The lowest BCUT2D eigenvalue weighted by Crippen LogP contribution is -2.02. The topological polar surface area (TPSA) is 29.9 Å². The van der Waals surface area contributed by atoms with Crippen LogP contribution >= 0.6 is 23.2 Å². The van der Waals surface area contributed by atoms with Crippen molar-refractivity contribution in [3.05, 3.63) is 58.2 Å². The Bertz CT molecular complexity index is 745. The number of hydrogen-bond acceptors (Lipinski definition) is 2. The van der Waals surface area contributed by atoms with Gasteiger partial charge in [0.05, 0.1) is 33.5 Å².